The zero-order chi connectivity index (χ0) is 22.0. The number of aliphatic hydroxyl groups excluding tert-OH is 1. The Kier molecular flexibility index (Phi) is 6.11. The lowest BCUT2D eigenvalue weighted by Gasteiger charge is -2.49. The van der Waals surface area contributed by atoms with Crippen molar-refractivity contribution in [1.29, 1.82) is 0 Å². The van der Waals surface area contributed by atoms with Crippen LogP contribution >= 0.6 is 11.8 Å². The third-order valence-electron chi connectivity index (χ3n) is 5.22. The van der Waals surface area contributed by atoms with Gasteiger partial charge < -0.3 is 15.2 Å². The van der Waals surface area contributed by atoms with Gasteiger partial charge in [-0.25, -0.2) is 4.79 Å². The first-order valence-electron chi connectivity index (χ1n) is 9.86. The molecule has 0 aliphatic carbocycles. The molecule has 2 amide bonds. The second-order valence-corrected chi connectivity index (χ2v) is 8.41. The number of aliphatic hydroxyl groups is 1. The summed E-state index contributed by atoms with van der Waals surface area (Å²) in [6, 6.07) is 18.0. The second kappa shape index (κ2) is 8.95. The van der Waals surface area contributed by atoms with E-state index in [-0.39, 0.29) is 24.1 Å². The van der Waals surface area contributed by atoms with Gasteiger partial charge in [-0.1, -0.05) is 60.7 Å². The van der Waals surface area contributed by atoms with Gasteiger partial charge in [0.15, 0.2) is 6.10 Å². The molecule has 2 heterocycles. The number of β-lactam (4-membered cyclic amide) rings is 1. The molecular formula is C23H22N2O5S. The molecule has 1 saturated heterocycles. The fourth-order valence-electron chi connectivity index (χ4n) is 3.76. The van der Waals surface area contributed by atoms with Crippen LogP contribution in [0.1, 0.15) is 24.2 Å². The van der Waals surface area contributed by atoms with E-state index in [9.17, 15) is 19.5 Å². The van der Waals surface area contributed by atoms with Crippen molar-refractivity contribution in [3.8, 4) is 0 Å². The number of fused-ring (bicyclic) bond motifs is 1. The standard InChI is InChI=1S/C23H22N2O5S/c1-14(27)24-18-21(28)25-19(17(12-26)13-31-22(18)25)23(29)30-20(15-8-4-2-5-9-15)16-10-6-3-7-11-16/h2-11,18,20,22,26H,12-13H2,1H3,(H,24,27)/t18?,22-/m0/s1. The van der Waals surface area contributed by atoms with Crippen molar-refractivity contribution < 1.29 is 24.2 Å². The fourth-order valence-corrected chi connectivity index (χ4v) is 5.09. The van der Waals surface area contributed by atoms with Crippen molar-refractivity contribution in [3.63, 3.8) is 0 Å². The number of thioether (sulfide) groups is 1. The molecule has 7 nitrogen and oxygen atoms in total. The van der Waals surface area contributed by atoms with Crippen LogP contribution in [0.25, 0.3) is 0 Å². The third kappa shape index (κ3) is 4.08. The number of nitrogens with zero attached hydrogens (tertiary/aromatic N) is 1. The van der Waals surface area contributed by atoms with Crippen LogP contribution in [0, 0.1) is 0 Å². The molecule has 2 aliphatic heterocycles. The Morgan fingerprint density at radius 1 is 1.13 bits per heavy atom. The largest absolute Gasteiger partial charge is 0.448 e. The molecule has 2 aromatic carbocycles. The molecule has 4 rings (SSSR count). The molecule has 2 atom stereocenters. The number of rotatable bonds is 6. The van der Waals surface area contributed by atoms with E-state index < -0.39 is 23.5 Å². The van der Waals surface area contributed by atoms with Gasteiger partial charge in [-0.05, 0) is 16.7 Å². The van der Waals surface area contributed by atoms with Crippen molar-refractivity contribution >= 4 is 29.5 Å². The van der Waals surface area contributed by atoms with Crippen molar-refractivity contribution in [2.24, 2.45) is 0 Å². The first kappa shape index (κ1) is 21.1. The number of esters is 1. The van der Waals surface area contributed by atoms with Crippen LogP contribution in [0.4, 0.5) is 0 Å². The predicted octanol–water partition coefficient (Wildman–Crippen LogP) is 1.99. The Morgan fingerprint density at radius 2 is 1.71 bits per heavy atom. The quantitative estimate of drug-likeness (QED) is 0.529. The summed E-state index contributed by atoms with van der Waals surface area (Å²) in [5.74, 6) is -1.01. The maximum atomic E-state index is 13.3. The Bertz CT molecular complexity index is 985. The SMILES string of the molecule is CC(=O)NC1C(=O)N2C(C(=O)OC(c3ccccc3)c3ccccc3)=C(CO)CS[C@@H]12. The van der Waals surface area contributed by atoms with Crippen LogP contribution in [-0.4, -0.2) is 51.6 Å². The zero-order valence-electron chi connectivity index (χ0n) is 16.9. The van der Waals surface area contributed by atoms with Crippen LogP contribution in [0.15, 0.2) is 71.9 Å². The summed E-state index contributed by atoms with van der Waals surface area (Å²) < 4.78 is 5.91. The van der Waals surface area contributed by atoms with E-state index in [1.807, 2.05) is 60.7 Å². The summed E-state index contributed by atoms with van der Waals surface area (Å²) in [5, 5.41) is 12.0. The lowest BCUT2D eigenvalue weighted by atomic mass is 10.0. The number of carbonyl (C=O) groups excluding carboxylic acids is 3. The van der Waals surface area contributed by atoms with Crippen LogP contribution in [0.5, 0.6) is 0 Å². The highest BCUT2D eigenvalue weighted by molar-refractivity contribution is 8.00. The van der Waals surface area contributed by atoms with Gasteiger partial charge in [0, 0.05) is 12.7 Å². The number of nitrogens with one attached hydrogen (secondary N) is 1. The minimum Gasteiger partial charge on any atom is -0.448 e. The molecular weight excluding hydrogens is 416 g/mol. The van der Waals surface area contributed by atoms with Gasteiger partial charge >= 0.3 is 5.97 Å². The average Bonchev–Trinajstić information content (AvgIpc) is 2.80. The van der Waals surface area contributed by atoms with Crippen LogP contribution in [0.2, 0.25) is 0 Å². The topological polar surface area (TPSA) is 95.9 Å². The Balaban J connectivity index is 1.64. The van der Waals surface area contributed by atoms with Gasteiger partial charge in [0.25, 0.3) is 5.91 Å². The second-order valence-electron chi connectivity index (χ2n) is 7.30. The molecule has 1 fully saturated rings. The molecule has 2 aromatic rings. The Labute approximate surface area is 184 Å². The molecule has 2 N–H and O–H groups in total. The molecule has 2 aliphatic rings. The molecule has 160 valence electrons. The Hall–Kier alpha value is -3.10. The molecule has 0 radical (unpaired) electrons. The minimum atomic E-state index is -0.690. The molecule has 1 unspecified atom stereocenters. The molecule has 8 heteroatoms. The fraction of sp³-hybridized carbons (Fsp3) is 0.261. The van der Waals surface area contributed by atoms with E-state index in [0.717, 1.165) is 11.1 Å². The van der Waals surface area contributed by atoms with Crippen molar-refractivity contribution in [3.05, 3.63) is 83.1 Å². The van der Waals surface area contributed by atoms with Crippen molar-refractivity contribution in [1.82, 2.24) is 10.2 Å². The summed E-state index contributed by atoms with van der Waals surface area (Å²) in [4.78, 5) is 38.8. The lowest BCUT2D eigenvalue weighted by molar-refractivity contribution is -0.154. The van der Waals surface area contributed by atoms with E-state index in [1.165, 1.54) is 23.6 Å². The third-order valence-corrected chi connectivity index (χ3v) is 6.56. The van der Waals surface area contributed by atoms with E-state index >= 15 is 0 Å². The van der Waals surface area contributed by atoms with Crippen molar-refractivity contribution in [2.45, 2.75) is 24.4 Å². The van der Waals surface area contributed by atoms with Crippen LogP contribution in [-0.2, 0) is 19.1 Å². The van der Waals surface area contributed by atoms with E-state index in [2.05, 4.69) is 5.32 Å². The maximum absolute atomic E-state index is 13.3. The maximum Gasteiger partial charge on any atom is 0.356 e. The van der Waals surface area contributed by atoms with Gasteiger partial charge in [0.05, 0.1) is 6.61 Å². The molecule has 31 heavy (non-hydrogen) atoms. The van der Waals surface area contributed by atoms with Crippen LogP contribution < -0.4 is 5.32 Å². The number of ether oxygens (including phenoxy) is 1. The highest BCUT2D eigenvalue weighted by Gasteiger charge is 2.54. The summed E-state index contributed by atoms with van der Waals surface area (Å²) in [5.41, 5.74) is 2.08. The van der Waals surface area contributed by atoms with E-state index in [4.69, 9.17) is 4.74 Å². The summed E-state index contributed by atoms with van der Waals surface area (Å²) in [6.45, 7) is 0.984. The minimum absolute atomic E-state index is 0.0646. The van der Waals surface area contributed by atoms with Gasteiger partial charge in [0.2, 0.25) is 5.91 Å². The van der Waals surface area contributed by atoms with E-state index in [0.29, 0.717) is 11.3 Å². The monoisotopic (exact) mass is 438 g/mol. The zero-order valence-corrected chi connectivity index (χ0v) is 17.7. The number of hydrogen-bond acceptors (Lipinski definition) is 6. The molecule has 0 aromatic heterocycles. The highest BCUT2D eigenvalue weighted by atomic mass is 32.2. The molecule has 0 spiro atoms. The van der Waals surface area contributed by atoms with Gasteiger partial charge in [0.1, 0.15) is 17.1 Å². The smallest absolute Gasteiger partial charge is 0.356 e. The number of hydrogen-bond donors (Lipinski definition) is 2. The molecule has 0 saturated carbocycles. The van der Waals surface area contributed by atoms with E-state index in [1.54, 1.807) is 0 Å². The summed E-state index contributed by atoms with van der Waals surface area (Å²) >= 11 is 1.40. The van der Waals surface area contributed by atoms with Crippen molar-refractivity contribution in [2.75, 3.05) is 12.4 Å². The first-order chi connectivity index (χ1) is 15.0. The normalized spacial score (nSPS) is 20.2. The summed E-state index contributed by atoms with van der Waals surface area (Å²) in [7, 11) is 0. The van der Waals surface area contributed by atoms with Crippen LogP contribution in [0.3, 0.4) is 0 Å². The predicted molar refractivity (Wildman–Crippen MR) is 116 cm³/mol. The highest BCUT2D eigenvalue weighted by Crippen LogP contribution is 2.41. The first-order valence-corrected chi connectivity index (χ1v) is 10.9. The van der Waals surface area contributed by atoms with Gasteiger partial charge in [-0.2, -0.15) is 0 Å². The van der Waals surface area contributed by atoms with Gasteiger partial charge in [-0.3, -0.25) is 14.5 Å². The lowest BCUT2D eigenvalue weighted by Crippen LogP contribution is -2.70. The molecule has 0 bridgehead atoms. The number of amides is 2. The number of carbonyl (C=O) groups is 3. The number of benzene rings is 2. The summed E-state index contributed by atoms with van der Waals surface area (Å²) in [6.07, 6.45) is -0.669. The van der Waals surface area contributed by atoms with Gasteiger partial charge in [-0.15, -0.1) is 11.8 Å². The average molecular weight is 439 g/mol. The Morgan fingerprint density at radius 3 is 2.23 bits per heavy atom.